The van der Waals surface area contributed by atoms with Crippen molar-refractivity contribution in [2.75, 3.05) is 0 Å². The third-order valence-electron chi connectivity index (χ3n) is 5.94. The molecule has 2 fully saturated rings. The van der Waals surface area contributed by atoms with E-state index in [0.29, 0.717) is 11.3 Å². The Labute approximate surface area is 166 Å². The van der Waals surface area contributed by atoms with Gasteiger partial charge in [0, 0.05) is 0 Å². The lowest BCUT2D eigenvalue weighted by Gasteiger charge is -2.32. The highest BCUT2D eigenvalue weighted by Gasteiger charge is 2.51. The molecule has 1 saturated heterocycles. The van der Waals surface area contributed by atoms with Crippen LogP contribution >= 0.6 is 0 Å². The number of carbonyl (C=O) groups is 1. The first-order valence-electron chi connectivity index (χ1n) is 9.69. The number of nitrogens with one attached hydrogen (secondary N) is 1. The molecule has 2 aliphatic rings. The van der Waals surface area contributed by atoms with E-state index in [4.69, 9.17) is 19.2 Å². The van der Waals surface area contributed by atoms with Crippen molar-refractivity contribution in [1.82, 2.24) is 5.32 Å². The Kier molecular flexibility index (Phi) is 5.60. The molecule has 7 nitrogen and oxygen atoms in total. The lowest BCUT2D eigenvalue weighted by molar-refractivity contribution is 0.00578. The van der Waals surface area contributed by atoms with Crippen molar-refractivity contribution in [3.63, 3.8) is 0 Å². The van der Waals surface area contributed by atoms with Crippen LogP contribution in [-0.4, -0.2) is 41.7 Å². The second kappa shape index (κ2) is 7.65. The number of rotatable bonds is 4. The summed E-state index contributed by atoms with van der Waals surface area (Å²) < 4.78 is 18.2. The van der Waals surface area contributed by atoms with Crippen LogP contribution in [0.25, 0.3) is 0 Å². The molecule has 1 saturated carbocycles. The topological polar surface area (TPSA) is 101 Å². The third kappa shape index (κ3) is 4.11. The van der Waals surface area contributed by atoms with Gasteiger partial charge in [-0.05, 0) is 64.6 Å². The maximum Gasteiger partial charge on any atom is 0.494 e. The summed E-state index contributed by atoms with van der Waals surface area (Å²) in [6, 6.07) is 7.19. The second-order valence-corrected chi connectivity index (χ2v) is 8.45. The van der Waals surface area contributed by atoms with Crippen LogP contribution in [0, 0.1) is 11.3 Å². The molecule has 0 radical (unpaired) electrons. The Bertz CT molecular complexity index is 773. The zero-order chi connectivity index (χ0) is 20.5. The average Bonchev–Trinajstić information content (AvgIpc) is 2.84. The van der Waals surface area contributed by atoms with Gasteiger partial charge in [-0.1, -0.05) is 12.5 Å². The highest BCUT2D eigenvalue weighted by Crippen LogP contribution is 2.36. The number of hydrogen-bond acceptors (Lipinski definition) is 5. The van der Waals surface area contributed by atoms with Gasteiger partial charge in [-0.25, -0.2) is 4.79 Å². The van der Waals surface area contributed by atoms with Crippen molar-refractivity contribution >= 4 is 18.7 Å². The standard InChI is InChI=1S/C20H27BN2O5/c1-19(2)20(3,4)28-21(27-19)14-9-10-16(13(11-14)12-22)26-17-8-6-5-7-15(17)23-18(24)25/h9-11,15,17,23H,5-8H2,1-4H3,(H,24,25)/t15-,17+/m1/s1. The van der Waals surface area contributed by atoms with Gasteiger partial charge in [-0.15, -0.1) is 0 Å². The highest BCUT2D eigenvalue weighted by molar-refractivity contribution is 6.62. The predicted octanol–water partition coefficient (Wildman–Crippen LogP) is 2.82. The lowest BCUT2D eigenvalue weighted by atomic mass is 9.78. The Balaban J connectivity index is 1.79. The van der Waals surface area contributed by atoms with Gasteiger partial charge in [0.25, 0.3) is 0 Å². The molecule has 2 atom stereocenters. The normalized spacial score (nSPS) is 25.8. The Hall–Kier alpha value is -2.24. The molecular formula is C20H27BN2O5. The van der Waals surface area contributed by atoms with Crippen LogP contribution < -0.4 is 15.5 Å². The van der Waals surface area contributed by atoms with E-state index in [9.17, 15) is 10.1 Å². The first-order chi connectivity index (χ1) is 13.1. The van der Waals surface area contributed by atoms with E-state index in [1.807, 2.05) is 33.8 Å². The van der Waals surface area contributed by atoms with E-state index in [1.165, 1.54) is 0 Å². The van der Waals surface area contributed by atoms with Gasteiger partial charge in [0.15, 0.2) is 0 Å². The van der Waals surface area contributed by atoms with Crippen LogP contribution in [0.5, 0.6) is 5.75 Å². The lowest BCUT2D eigenvalue weighted by Crippen LogP contribution is -2.47. The van der Waals surface area contributed by atoms with Crippen molar-refractivity contribution in [2.45, 2.75) is 76.7 Å². The fourth-order valence-electron chi connectivity index (χ4n) is 3.59. The number of ether oxygens (including phenoxy) is 1. The van der Waals surface area contributed by atoms with Crippen molar-refractivity contribution < 1.29 is 23.9 Å². The summed E-state index contributed by atoms with van der Waals surface area (Å²) >= 11 is 0. The van der Waals surface area contributed by atoms with Crippen LogP contribution in [0.15, 0.2) is 18.2 Å². The molecule has 1 aliphatic carbocycles. The van der Waals surface area contributed by atoms with Crippen LogP contribution in [-0.2, 0) is 9.31 Å². The Morgan fingerprint density at radius 3 is 2.50 bits per heavy atom. The van der Waals surface area contributed by atoms with Crippen LogP contribution in [0.4, 0.5) is 4.79 Å². The zero-order valence-electron chi connectivity index (χ0n) is 16.8. The number of benzene rings is 1. The molecule has 1 amide bonds. The average molecular weight is 386 g/mol. The van der Waals surface area contributed by atoms with E-state index in [0.717, 1.165) is 31.1 Å². The van der Waals surface area contributed by atoms with E-state index >= 15 is 0 Å². The summed E-state index contributed by atoms with van der Waals surface area (Å²) in [5.74, 6) is 0.451. The molecule has 0 unspecified atom stereocenters. The maximum atomic E-state index is 11.0. The summed E-state index contributed by atoms with van der Waals surface area (Å²) in [7, 11) is -0.553. The van der Waals surface area contributed by atoms with Gasteiger partial charge in [0.1, 0.15) is 17.9 Å². The fraction of sp³-hybridized carbons (Fsp3) is 0.600. The highest BCUT2D eigenvalue weighted by atomic mass is 16.7. The van der Waals surface area contributed by atoms with Crippen molar-refractivity contribution in [3.8, 4) is 11.8 Å². The zero-order valence-corrected chi connectivity index (χ0v) is 16.8. The van der Waals surface area contributed by atoms with Crippen molar-refractivity contribution in [3.05, 3.63) is 23.8 Å². The molecule has 8 heteroatoms. The Morgan fingerprint density at radius 2 is 1.89 bits per heavy atom. The largest absolute Gasteiger partial charge is 0.494 e. The first-order valence-corrected chi connectivity index (χ1v) is 9.69. The van der Waals surface area contributed by atoms with Gasteiger partial charge >= 0.3 is 13.2 Å². The summed E-state index contributed by atoms with van der Waals surface area (Å²) in [6.07, 6.45) is 2.05. The van der Waals surface area contributed by atoms with Crippen LogP contribution in [0.2, 0.25) is 0 Å². The van der Waals surface area contributed by atoms with E-state index in [-0.39, 0.29) is 12.1 Å². The molecule has 2 N–H and O–H groups in total. The molecule has 1 aromatic carbocycles. The van der Waals surface area contributed by atoms with E-state index in [2.05, 4.69) is 11.4 Å². The molecule has 3 rings (SSSR count). The molecule has 150 valence electrons. The Morgan fingerprint density at radius 1 is 1.25 bits per heavy atom. The molecule has 0 aromatic heterocycles. The number of carboxylic acid groups (broad SMARTS) is 1. The molecule has 1 heterocycles. The second-order valence-electron chi connectivity index (χ2n) is 8.45. The van der Waals surface area contributed by atoms with E-state index in [1.54, 1.807) is 12.1 Å². The minimum absolute atomic E-state index is 0.277. The third-order valence-corrected chi connectivity index (χ3v) is 5.94. The fourth-order valence-corrected chi connectivity index (χ4v) is 3.59. The minimum Gasteiger partial charge on any atom is -0.487 e. The number of nitrogens with zero attached hydrogens (tertiary/aromatic N) is 1. The number of nitriles is 1. The summed E-state index contributed by atoms with van der Waals surface area (Å²) in [5, 5.41) is 21.2. The van der Waals surface area contributed by atoms with Gasteiger partial charge in [0.2, 0.25) is 0 Å². The quantitative estimate of drug-likeness (QED) is 0.772. The van der Waals surface area contributed by atoms with Gasteiger partial charge in [-0.3, -0.25) is 0 Å². The predicted molar refractivity (Wildman–Crippen MR) is 105 cm³/mol. The molecule has 0 bridgehead atoms. The molecular weight excluding hydrogens is 359 g/mol. The van der Waals surface area contributed by atoms with Crippen LogP contribution in [0.1, 0.15) is 58.9 Å². The smallest absolute Gasteiger partial charge is 0.487 e. The minimum atomic E-state index is -1.06. The van der Waals surface area contributed by atoms with Crippen LogP contribution in [0.3, 0.4) is 0 Å². The SMILES string of the molecule is CC1(C)OB(c2ccc(O[C@H]3CCCC[C@H]3NC(=O)O)c(C#N)c2)OC1(C)C. The van der Waals surface area contributed by atoms with Gasteiger partial charge < -0.3 is 24.5 Å². The molecule has 1 aromatic rings. The van der Waals surface area contributed by atoms with Crippen molar-refractivity contribution in [2.24, 2.45) is 0 Å². The maximum absolute atomic E-state index is 11.0. The summed E-state index contributed by atoms with van der Waals surface area (Å²) in [5.41, 5.74) is 0.216. The van der Waals surface area contributed by atoms with Gasteiger partial charge in [0.05, 0.1) is 22.8 Å². The van der Waals surface area contributed by atoms with Crippen molar-refractivity contribution in [1.29, 1.82) is 5.26 Å². The summed E-state index contributed by atoms with van der Waals surface area (Å²) in [6.45, 7) is 7.92. The molecule has 1 aliphatic heterocycles. The van der Waals surface area contributed by atoms with Gasteiger partial charge in [-0.2, -0.15) is 5.26 Å². The van der Waals surface area contributed by atoms with E-state index < -0.39 is 24.4 Å². The molecule has 0 spiro atoms. The molecule has 28 heavy (non-hydrogen) atoms. The number of amides is 1. The number of hydrogen-bond donors (Lipinski definition) is 2. The summed E-state index contributed by atoms with van der Waals surface area (Å²) in [4.78, 5) is 11.0. The monoisotopic (exact) mass is 386 g/mol. The first kappa shape index (κ1) is 20.5.